The molecule has 3 N–H and O–H groups in total. The molecule has 0 saturated heterocycles. The van der Waals surface area contributed by atoms with Crippen molar-refractivity contribution in [2.45, 2.75) is 34.6 Å². The molecule has 4 aromatic carbocycles. The molecular weight excluding hydrogens is 426 g/mol. The Hall–Kier alpha value is -4.12. The molecule has 0 saturated carbocycles. The van der Waals surface area contributed by atoms with Crippen molar-refractivity contribution < 1.29 is 20.1 Å². The summed E-state index contributed by atoms with van der Waals surface area (Å²) >= 11 is 0. The molecular formula is C29H29NO4. The van der Waals surface area contributed by atoms with Crippen LogP contribution in [-0.2, 0) is 0 Å². The molecule has 0 fully saturated rings. The van der Waals surface area contributed by atoms with Gasteiger partial charge in [-0.1, -0.05) is 12.1 Å². The first-order valence-electron chi connectivity index (χ1n) is 11.1. The Kier molecular flexibility index (Phi) is 6.12. The molecule has 0 aliphatic rings. The van der Waals surface area contributed by atoms with E-state index in [-0.39, 0.29) is 17.2 Å². The normalized spacial score (nSPS) is 10.9. The number of ether oxygens (including phenoxy) is 1. The zero-order chi connectivity index (χ0) is 24.6. The van der Waals surface area contributed by atoms with E-state index in [1.54, 1.807) is 24.3 Å². The van der Waals surface area contributed by atoms with Gasteiger partial charge in [0.25, 0.3) is 0 Å². The summed E-state index contributed by atoms with van der Waals surface area (Å²) in [5, 5.41) is 31.2. The van der Waals surface area contributed by atoms with Crippen molar-refractivity contribution in [1.29, 1.82) is 0 Å². The number of rotatable bonds is 5. The third-order valence-corrected chi connectivity index (χ3v) is 5.97. The summed E-state index contributed by atoms with van der Waals surface area (Å²) < 4.78 is 6.05. The highest BCUT2D eigenvalue weighted by Crippen LogP contribution is 2.44. The Morgan fingerprint density at radius 3 is 1.71 bits per heavy atom. The van der Waals surface area contributed by atoms with Crippen LogP contribution < -0.4 is 9.64 Å². The van der Waals surface area contributed by atoms with Gasteiger partial charge in [-0.2, -0.15) is 0 Å². The second-order valence-electron chi connectivity index (χ2n) is 8.74. The van der Waals surface area contributed by atoms with Gasteiger partial charge in [-0.05, 0) is 93.8 Å². The largest absolute Gasteiger partial charge is 0.508 e. The summed E-state index contributed by atoms with van der Waals surface area (Å²) in [6.45, 7) is 9.45. The first-order valence-corrected chi connectivity index (χ1v) is 11.1. The summed E-state index contributed by atoms with van der Waals surface area (Å²) in [6, 6.07) is 20.3. The van der Waals surface area contributed by atoms with Crippen LogP contribution in [0.2, 0.25) is 0 Å². The average molecular weight is 456 g/mol. The maximum atomic E-state index is 10.6. The van der Waals surface area contributed by atoms with E-state index in [4.69, 9.17) is 4.74 Å². The summed E-state index contributed by atoms with van der Waals surface area (Å²) in [5.41, 5.74) is 6.46. The van der Waals surface area contributed by atoms with Crippen LogP contribution in [0.5, 0.6) is 28.7 Å². The van der Waals surface area contributed by atoms with Crippen molar-refractivity contribution in [3.05, 3.63) is 94.5 Å². The number of aromatic hydroxyl groups is 3. The molecule has 0 radical (unpaired) electrons. The van der Waals surface area contributed by atoms with E-state index >= 15 is 0 Å². The predicted octanol–water partition coefficient (Wildman–Crippen LogP) is 7.61. The molecule has 34 heavy (non-hydrogen) atoms. The molecule has 0 heterocycles. The number of anilines is 3. The summed E-state index contributed by atoms with van der Waals surface area (Å²) in [7, 11) is 0. The Morgan fingerprint density at radius 1 is 0.588 bits per heavy atom. The van der Waals surface area contributed by atoms with Gasteiger partial charge in [0, 0.05) is 28.9 Å². The third kappa shape index (κ3) is 4.50. The quantitative estimate of drug-likeness (QED) is 0.289. The fourth-order valence-corrected chi connectivity index (χ4v) is 3.99. The maximum Gasteiger partial charge on any atom is 0.131 e. The molecule has 0 aromatic heterocycles. The third-order valence-electron chi connectivity index (χ3n) is 5.97. The van der Waals surface area contributed by atoms with E-state index in [0.717, 1.165) is 44.9 Å². The molecule has 0 atom stereocenters. The molecule has 0 aliphatic heterocycles. The van der Waals surface area contributed by atoms with Crippen LogP contribution in [0.4, 0.5) is 17.1 Å². The fraction of sp³-hybridized carbons (Fsp3) is 0.172. The molecule has 0 unspecified atom stereocenters. The zero-order valence-corrected chi connectivity index (χ0v) is 20.0. The first kappa shape index (κ1) is 23.1. The monoisotopic (exact) mass is 455 g/mol. The molecule has 0 spiro atoms. The highest BCUT2D eigenvalue weighted by Gasteiger charge is 2.21. The standard InChI is InChI=1S/C29H29NO4/c1-17-11-25(20(4)28(32)13-17)30(26-12-18(2)14-29(33)21(26)5)22-7-6-8-23(15-22)34-24-10-9-19(3)27(31)16-24/h6-16,31-33H,1-5H3. The van der Waals surface area contributed by atoms with Crippen LogP contribution >= 0.6 is 0 Å². The van der Waals surface area contributed by atoms with Crippen molar-refractivity contribution in [2.75, 3.05) is 4.90 Å². The highest BCUT2D eigenvalue weighted by molar-refractivity contribution is 5.83. The molecule has 5 heteroatoms. The summed E-state index contributed by atoms with van der Waals surface area (Å²) in [6.07, 6.45) is 0. The predicted molar refractivity (Wildman–Crippen MR) is 136 cm³/mol. The van der Waals surface area contributed by atoms with Gasteiger partial charge in [0.2, 0.25) is 0 Å². The van der Waals surface area contributed by atoms with Crippen LogP contribution in [0.1, 0.15) is 27.8 Å². The van der Waals surface area contributed by atoms with Gasteiger partial charge in [0.05, 0.1) is 11.4 Å². The minimum atomic E-state index is 0.173. The SMILES string of the molecule is Cc1cc(O)c(C)c(N(c2cccc(Oc3ccc(C)c(O)c3)c2)c2cc(C)cc(O)c2C)c1. The van der Waals surface area contributed by atoms with E-state index < -0.39 is 0 Å². The van der Waals surface area contributed by atoms with E-state index in [1.165, 1.54) is 0 Å². The minimum absolute atomic E-state index is 0.173. The maximum absolute atomic E-state index is 10.6. The number of hydrogen-bond donors (Lipinski definition) is 3. The number of hydrogen-bond acceptors (Lipinski definition) is 5. The van der Waals surface area contributed by atoms with Crippen LogP contribution in [0.15, 0.2) is 66.7 Å². The number of phenols is 3. The Morgan fingerprint density at radius 2 is 1.15 bits per heavy atom. The van der Waals surface area contributed by atoms with E-state index in [2.05, 4.69) is 0 Å². The Bertz CT molecular complexity index is 1320. The van der Waals surface area contributed by atoms with Gasteiger partial charge >= 0.3 is 0 Å². The van der Waals surface area contributed by atoms with Crippen LogP contribution in [0, 0.1) is 34.6 Å². The average Bonchev–Trinajstić information content (AvgIpc) is 2.78. The molecule has 174 valence electrons. The smallest absolute Gasteiger partial charge is 0.131 e. The topological polar surface area (TPSA) is 73.2 Å². The number of phenolic OH excluding ortho intramolecular Hbond substituents is 3. The summed E-state index contributed by atoms with van der Waals surface area (Å²) in [5.74, 6) is 1.71. The van der Waals surface area contributed by atoms with Gasteiger partial charge in [-0.3, -0.25) is 0 Å². The number of aryl methyl sites for hydroxylation is 3. The van der Waals surface area contributed by atoms with Crippen molar-refractivity contribution in [1.82, 2.24) is 0 Å². The van der Waals surface area contributed by atoms with Crippen LogP contribution in [0.3, 0.4) is 0 Å². The molecule has 0 amide bonds. The van der Waals surface area contributed by atoms with Gasteiger partial charge in [0.1, 0.15) is 28.7 Å². The lowest BCUT2D eigenvalue weighted by Gasteiger charge is -2.30. The number of nitrogens with zero attached hydrogens (tertiary/aromatic N) is 1. The van der Waals surface area contributed by atoms with Gasteiger partial charge in [0.15, 0.2) is 0 Å². The lowest BCUT2D eigenvalue weighted by molar-refractivity contribution is 0.452. The minimum Gasteiger partial charge on any atom is -0.508 e. The molecule has 0 bridgehead atoms. The van der Waals surface area contributed by atoms with Crippen molar-refractivity contribution in [3.8, 4) is 28.7 Å². The van der Waals surface area contributed by atoms with Crippen molar-refractivity contribution in [2.24, 2.45) is 0 Å². The summed E-state index contributed by atoms with van der Waals surface area (Å²) in [4.78, 5) is 2.02. The first-order chi connectivity index (χ1) is 16.1. The molecule has 4 rings (SSSR count). The van der Waals surface area contributed by atoms with E-state index in [9.17, 15) is 15.3 Å². The number of benzene rings is 4. The van der Waals surface area contributed by atoms with Gasteiger partial charge < -0.3 is 25.0 Å². The zero-order valence-electron chi connectivity index (χ0n) is 20.0. The lowest BCUT2D eigenvalue weighted by atomic mass is 10.0. The molecule has 4 aromatic rings. The van der Waals surface area contributed by atoms with Gasteiger partial charge in [-0.15, -0.1) is 0 Å². The van der Waals surface area contributed by atoms with Crippen LogP contribution in [0.25, 0.3) is 0 Å². The van der Waals surface area contributed by atoms with E-state index in [0.29, 0.717) is 11.5 Å². The highest BCUT2D eigenvalue weighted by atomic mass is 16.5. The molecule has 5 nitrogen and oxygen atoms in total. The van der Waals surface area contributed by atoms with Crippen molar-refractivity contribution >= 4 is 17.1 Å². The second kappa shape index (κ2) is 9.02. The second-order valence-corrected chi connectivity index (χ2v) is 8.74. The van der Waals surface area contributed by atoms with E-state index in [1.807, 2.05) is 82.0 Å². The van der Waals surface area contributed by atoms with Gasteiger partial charge in [-0.25, -0.2) is 0 Å². The lowest BCUT2D eigenvalue weighted by Crippen LogP contribution is -2.13. The van der Waals surface area contributed by atoms with Crippen molar-refractivity contribution in [3.63, 3.8) is 0 Å². The molecule has 0 aliphatic carbocycles. The fourth-order valence-electron chi connectivity index (χ4n) is 3.99. The van der Waals surface area contributed by atoms with Crippen LogP contribution in [-0.4, -0.2) is 15.3 Å². The Labute approximate surface area is 200 Å². The Balaban J connectivity index is 1.88.